The van der Waals surface area contributed by atoms with E-state index in [0.29, 0.717) is 6.61 Å². The highest BCUT2D eigenvalue weighted by Gasteiger charge is 2.13. The number of benzene rings is 1. The van der Waals surface area contributed by atoms with Crippen molar-refractivity contribution in [2.75, 3.05) is 6.61 Å². The number of fused-ring (bicyclic) bond motifs is 2. The number of unbranched alkanes of at least 4 members (excludes halogenated alkanes) is 9. The minimum absolute atomic E-state index is 0.550. The molecule has 0 spiro atoms. The van der Waals surface area contributed by atoms with Crippen molar-refractivity contribution < 1.29 is 14.8 Å². The molecule has 1 aromatic carbocycles. The van der Waals surface area contributed by atoms with Gasteiger partial charge in [-0.2, -0.15) is 4.89 Å². The molecule has 23 heavy (non-hydrogen) atoms. The Morgan fingerprint density at radius 1 is 0.870 bits per heavy atom. The maximum absolute atomic E-state index is 5.24. The van der Waals surface area contributed by atoms with Crippen molar-refractivity contribution >= 4 is 0 Å². The van der Waals surface area contributed by atoms with Crippen molar-refractivity contribution in [3.8, 4) is 5.75 Å². The van der Waals surface area contributed by atoms with Gasteiger partial charge in [-0.15, -0.1) is 0 Å². The largest absolute Gasteiger partial charge is 0.308 e. The van der Waals surface area contributed by atoms with E-state index in [4.69, 9.17) is 14.8 Å². The first-order chi connectivity index (χ1) is 11.4. The zero-order chi connectivity index (χ0) is 16.2. The van der Waals surface area contributed by atoms with E-state index in [1.807, 2.05) is 12.1 Å². The molecule has 0 saturated heterocycles. The average molecular weight is 320 g/mol. The van der Waals surface area contributed by atoms with Crippen LogP contribution in [0.2, 0.25) is 0 Å². The molecule has 0 atom stereocenters. The fraction of sp³-hybridized carbons (Fsp3) is 0.700. The molecule has 0 radical (unpaired) electrons. The molecule has 0 aliphatic carbocycles. The molecule has 1 aliphatic rings. The van der Waals surface area contributed by atoms with Crippen molar-refractivity contribution in [1.82, 2.24) is 0 Å². The summed E-state index contributed by atoms with van der Waals surface area (Å²) in [6, 6.07) is 6.17. The lowest BCUT2D eigenvalue weighted by molar-refractivity contribution is -0.466. The number of hydrogen-bond acceptors (Lipinski definition) is 3. The van der Waals surface area contributed by atoms with E-state index in [0.717, 1.165) is 18.6 Å². The predicted molar refractivity (Wildman–Crippen MR) is 93.4 cm³/mol. The van der Waals surface area contributed by atoms with Gasteiger partial charge in [0.15, 0.2) is 5.75 Å². The van der Waals surface area contributed by atoms with Gasteiger partial charge in [-0.05, 0) is 35.9 Å². The van der Waals surface area contributed by atoms with E-state index >= 15 is 0 Å². The monoisotopic (exact) mass is 320 g/mol. The van der Waals surface area contributed by atoms with Crippen molar-refractivity contribution in [3.05, 3.63) is 29.3 Å². The van der Waals surface area contributed by atoms with Crippen LogP contribution in [-0.4, -0.2) is 6.61 Å². The van der Waals surface area contributed by atoms with Crippen molar-refractivity contribution in [3.63, 3.8) is 0 Å². The summed E-state index contributed by atoms with van der Waals surface area (Å²) < 4.78 is 0. The van der Waals surface area contributed by atoms with E-state index in [2.05, 4.69) is 13.0 Å². The lowest BCUT2D eigenvalue weighted by Crippen LogP contribution is -2.11. The third kappa shape index (κ3) is 6.92. The SMILES string of the molecule is CCCCCCCCCCCCc1c2cccc1OOOCC2. The fourth-order valence-electron chi connectivity index (χ4n) is 3.24. The minimum Gasteiger partial charge on any atom is -0.308 e. The van der Waals surface area contributed by atoms with E-state index in [1.165, 1.54) is 75.3 Å². The summed E-state index contributed by atoms with van der Waals surface area (Å²) >= 11 is 0. The molecule has 0 fully saturated rings. The first-order valence-corrected chi connectivity index (χ1v) is 9.48. The van der Waals surface area contributed by atoms with Crippen LogP contribution in [0.15, 0.2) is 18.2 Å². The van der Waals surface area contributed by atoms with Crippen LogP contribution in [-0.2, 0) is 22.8 Å². The number of hydrogen-bond donors (Lipinski definition) is 0. The molecule has 2 bridgehead atoms. The van der Waals surface area contributed by atoms with Gasteiger partial charge in [0.1, 0.15) is 0 Å². The summed E-state index contributed by atoms with van der Waals surface area (Å²) in [6.07, 6.45) is 15.6. The molecule has 0 saturated carbocycles. The normalized spacial score (nSPS) is 14.1. The van der Waals surface area contributed by atoms with Crippen molar-refractivity contribution in [2.45, 2.75) is 84.0 Å². The van der Waals surface area contributed by atoms with Gasteiger partial charge in [0.05, 0.1) is 6.61 Å². The van der Waals surface area contributed by atoms with Crippen LogP contribution >= 0.6 is 0 Å². The maximum atomic E-state index is 5.24. The van der Waals surface area contributed by atoms with Crippen LogP contribution in [0, 0.1) is 0 Å². The van der Waals surface area contributed by atoms with Crippen LogP contribution in [0.5, 0.6) is 5.75 Å². The third-order valence-electron chi connectivity index (χ3n) is 4.64. The van der Waals surface area contributed by atoms with Gasteiger partial charge in [-0.3, -0.25) is 0 Å². The Bertz CT molecular complexity index is 407. The Labute approximate surface area is 141 Å². The molecule has 0 aromatic heterocycles. The smallest absolute Gasteiger partial charge is 0.172 e. The zero-order valence-corrected chi connectivity index (χ0v) is 14.6. The van der Waals surface area contributed by atoms with Gasteiger partial charge in [-0.1, -0.05) is 76.8 Å². The molecule has 3 nitrogen and oxygen atoms in total. The highest BCUT2D eigenvalue weighted by molar-refractivity contribution is 5.40. The van der Waals surface area contributed by atoms with Gasteiger partial charge in [-0.25, -0.2) is 0 Å². The standard InChI is InChI=1S/C20H32O3/c1-2-3-4-5-6-7-8-9-10-11-14-19-18-13-12-15-20(19)22-23-21-17-16-18/h12-13,15H,2-11,14,16-17H2,1H3. The molecular formula is C20H32O3. The summed E-state index contributed by atoms with van der Waals surface area (Å²) in [5.41, 5.74) is 2.64. The van der Waals surface area contributed by atoms with Gasteiger partial charge in [0.25, 0.3) is 0 Å². The zero-order valence-electron chi connectivity index (χ0n) is 14.6. The molecule has 1 aromatic rings. The van der Waals surface area contributed by atoms with Crippen LogP contribution in [0.3, 0.4) is 0 Å². The van der Waals surface area contributed by atoms with Gasteiger partial charge >= 0.3 is 0 Å². The molecule has 0 unspecified atom stereocenters. The Hall–Kier alpha value is -1.06. The van der Waals surface area contributed by atoms with Crippen LogP contribution in [0.25, 0.3) is 0 Å². The quantitative estimate of drug-likeness (QED) is 0.372. The van der Waals surface area contributed by atoms with Gasteiger partial charge < -0.3 is 4.89 Å². The van der Waals surface area contributed by atoms with E-state index in [1.54, 1.807) is 0 Å². The average Bonchev–Trinajstić information content (AvgIpc) is 2.57. The fourth-order valence-corrected chi connectivity index (χ4v) is 3.24. The summed E-state index contributed by atoms with van der Waals surface area (Å²) in [5.74, 6) is 0.818. The van der Waals surface area contributed by atoms with Gasteiger partial charge in [0.2, 0.25) is 0 Å². The number of rotatable bonds is 11. The lowest BCUT2D eigenvalue weighted by atomic mass is 9.97. The summed E-state index contributed by atoms with van der Waals surface area (Å²) in [4.78, 5) is 10.2. The minimum atomic E-state index is 0.550. The molecule has 2 rings (SSSR count). The molecule has 1 aliphatic heterocycles. The molecule has 0 amide bonds. The topological polar surface area (TPSA) is 27.7 Å². The molecule has 3 heteroatoms. The summed E-state index contributed by atoms with van der Waals surface area (Å²) in [6.45, 7) is 2.82. The van der Waals surface area contributed by atoms with Crippen molar-refractivity contribution in [1.29, 1.82) is 0 Å². The molecule has 130 valence electrons. The third-order valence-corrected chi connectivity index (χ3v) is 4.64. The van der Waals surface area contributed by atoms with E-state index in [-0.39, 0.29) is 0 Å². The highest BCUT2D eigenvalue weighted by Crippen LogP contribution is 2.27. The Kier molecular flexibility index (Phi) is 9.12. The molecule has 0 N–H and O–H groups in total. The second kappa shape index (κ2) is 11.5. The maximum Gasteiger partial charge on any atom is 0.172 e. The first kappa shape index (κ1) is 18.3. The predicted octanol–water partition coefficient (Wildman–Crippen LogP) is 5.95. The van der Waals surface area contributed by atoms with E-state index in [9.17, 15) is 0 Å². The van der Waals surface area contributed by atoms with Crippen LogP contribution in [0.4, 0.5) is 0 Å². The second-order valence-corrected chi connectivity index (χ2v) is 6.55. The van der Waals surface area contributed by atoms with Crippen LogP contribution in [0.1, 0.15) is 82.3 Å². The first-order valence-electron chi connectivity index (χ1n) is 9.48. The molecule has 1 heterocycles. The summed E-state index contributed by atoms with van der Waals surface area (Å²) in [5, 5.41) is 4.75. The Morgan fingerprint density at radius 2 is 1.57 bits per heavy atom. The Morgan fingerprint density at radius 3 is 2.30 bits per heavy atom. The summed E-state index contributed by atoms with van der Waals surface area (Å²) in [7, 11) is 0. The van der Waals surface area contributed by atoms with Crippen LogP contribution < -0.4 is 4.89 Å². The Balaban J connectivity index is 1.60. The highest BCUT2D eigenvalue weighted by atomic mass is 17.5. The van der Waals surface area contributed by atoms with E-state index < -0.39 is 0 Å². The van der Waals surface area contributed by atoms with Crippen molar-refractivity contribution in [2.24, 2.45) is 0 Å². The lowest BCUT2D eigenvalue weighted by Gasteiger charge is -2.16. The molecular weight excluding hydrogens is 288 g/mol. The van der Waals surface area contributed by atoms with Gasteiger partial charge in [0, 0.05) is 5.56 Å². The second-order valence-electron chi connectivity index (χ2n) is 6.55.